The molecule has 0 saturated heterocycles. The van der Waals surface area contributed by atoms with E-state index >= 15 is 0 Å². The summed E-state index contributed by atoms with van der Waals surface area (Å²) in [7, 11) is 0. The van der Waals surface area contributed by atoms with Crippen molar-refractivity contribution >= 4 is 5.97 Å². The van der Waals surface area contributed by atoms with E-state index in [2.05, 4.69) is 10.1 Å². The maximum Gasteiger partial charge on any atom is 0.357 e. The minimum atomic E-state index is -0.396. The molecule has 1 aliphatic rings. The Morgan fingerprint density at radius 1 is 1.33 bits per heavy atom. The fourth-order valence-corrected chi connectivity index (χ4v) is 2.20. The monoisotopic (exact) mass is 281 g/mol. The number of nitrogens with zero attached hydrogens (tertiary/aromatic N) is 3. The lowest BCUT2D eigenvalue weighted by Crippen LogP contribution is -2.12. The van der Waals surface area contributed by atoms with Gasteiger partial charge in [-0.2, -0.15) is 5.10 Å². The van der Waals surface area contributed by atoms with Crippen molar-refractivity contribution in [2.24, 2.45) is 0 Å². The molecule has 0 aliphatic heterocycles. The maximum atomic E-state index is 12.1. The van der Waals surface area contributed by atoms with E-state index in [1.54, 1.807) is 25.3 Å². The molecule has 0 aromatic carbocycles. The van der Waals surface area contributed by atoms with Gasteiger partial charge in [0.05, 0.1) is 12.3 Å². The number of aromatic nitrogens is 3. The van der Waals surface area contributed by atoms with E-state index in [-0.39, 0.29) is 5.92 Å². The van der Waals surface area contributed by atoms with E-state index in [0.29, 0.717) is 18.1 Å². The molecule has 0 saturated carbocycles. The van der Waals surface area contributed by atoms with Gasteiger partial charge in [-0.05, 0) is 25.1 Å². The minimum Gasteiger partial charge on any atom is -0.461 e. The summed E-state index contributed by atoms with van der Waals surface area (Å²) in [5.74, 6) is 0.286. The normalized spacial score (nSPS) is 13.8. The van der Waals surface area contributed by atoms with Gasteiger partial charge < -0.3 is 4.74 Å². The second-order valence-corrected chi connectivity index (χ2v) is 4.57. The molecule has 5 heteroatoms. The van der Waals surface area contributed by atoms with Crippen LogP contribution in [0.4, 0.5) is 0 Å². The molecule has 2 aromatic rings. The molecule has 21 heavy (non-hydrogen) atoms. The molecule has 2 aromatic heterocycles. The van der Waals surface area contributed by atoms with Crippen LogP contribution < -0.4 is 0 Å². The zero-order valence-corrected chi connectivity index (χ0v) is 11.6. The lowest BCUT2D eigenvalue weighted by Gasteiger charge is -2.05. The van der Waals surface area contributed by atoms with Gasteiger partial charge in [-0.15, -0.1) is 0 Å². The molecular formula is C16H15N3O2. The number of allylic oxidation sites excluding steroid dienone is 4. The Morgan fingerprint density at radius 2 is 2.14 bits per heavy atom. The molecule has 0 atom stereocenters. The van der Waals surface area contributed by atoms with Crippen molar-refractivity contribution < 1.29 is 9.53 Å². The summed E-state index contributed by atoms with van der Waals surface area (Å²) in [4.78, 5) is 16.4. The average Bonchev–Trinajstić information content (AvgIpc) is 3.17. The minimum absolute atomic E-state index is 0.0862. The van der Waals surface area contributed by atoms with Crippen LogP contribution in [-0.4, -0.2) is 27.3 Å². The Kier molecular flexibility index (Phi) is 3.64. The zero-order chi connectivity index (χ0) is 14.7. The van der Waals surface area contributed by atoms with Crippen LogP contribution in [0.2, 0.25) is 0 Å². The Labute approximate surface area is 122 Å². The first-order valence-corrected chi connectivity index (χ1v) is 6.83. The summed E-state index contributed by atoms with van der Waals surface area (Å²) in [6.07, 6.45) is 9.66. The molecule has 0 bridgehead atoms. The maximum absolute atomic E-state index is 12.1. The highest BCUT2D eigenvalue weighted by Gasteiger charge is 2.21. The third-order valence-corrected chi connectivity index (χ3v) is 3.17. The first-order valence-electron chi connectivity index (χ1n) is 6.83. The van der Waals surface area contributed by atoms with Gasteiger partial charge >= 0.3 is 5.97 Å². The van der Waals surface area contributed by atoms with Crippen LogP contribution in [0.25, 0.3) is 5.82 Å². The number of hydrogen-bond donors (Lipinski definition) is 0. The van der Waals surface area contributed by atoms with E-state index < -0.39 is 5.97 Å². The van der Waals surface area contributed by atoms with E-state index in [1.165, 1.54) is 4.68 Å². The van der Waals surface area contributed by atoms with Crippen LogP contribution in [-0.2, 0) is 4.74 Å². The molecule has 0 N–H and O–H groups in total. The fourth-order valence-electron chi connectivity index (χ4n) is 2.20. The summed E-state index contributed by atoms with van der Waals surface area (Å²) in [6.45, 7) is 2.10. The van der Waals surface area contributed by atoms with Crippen LogP contribution in [0, 0.1) is 0 Å². The fraction of sp³-hybridized carbons (Fsp3) is 0.188. The quantitative estimate of drug-likeness (QED) is 0.808. The Bertz CT molecular complexity index is 690. The Balaban J connectivity index is 2.05. The van der Waals surface area contributed by atoms with E-state index in [9.17, 15) is 4.79 Å². The predicted molar refractivity (Wildman–Crippen MR) is 78.3 cm³/mol. The second kappa shape index (κ2) is 5.75. The van der Waals surface area contributed by atoms with Gasteiger partial charge in [0.25, 0.3) is 0 Å². The van der Waals surface area contributed by atoms with Gasteiger partial charge in [-0.3, -0.25) is 0 Å². The molecule has 0 fully saturated rings. The predicted octanol–water partition coefficient (Wildman–Crippen LogP) is 2.65. The highest BCUT2D eigenvalue weighted by atomic mass is 16.5. The van der Waals surface area contributed by atoms with Crippen LogP contribution in [0.1, 0.15) is 29.0 Å². The standard InChI is InChI=1S/C16H15N3O2/c1-2-21-16(20)14-11-13(12-7-3-4-8-12)18-19(14)15-9-5-6-10-17-15/h3-12H,2H2,1H3. The number of esters is 1. The number of pyridine rings is 1. The zero-order valence-electron chi connectivity index (χ0n) is 11.6. The van der Waals surface area contributed by atoms with Crippen molar-refractivity contribution in [1.82, 2.24) is 14.8 Å². The summed E-state index contributed by atoms with van der Waals surface area (Å²) < 4.78 is 6.64. The van der Waals surface area contributed by atoms with Gasteiger partial charge in [-0.25, -0.2) is 14.5 Å². The molecular weight excluding hydrogens is 266 g/mol. The number of carbonyl (C=O) groups excluding carboxylic acids is 1. The van der Waals surface area contributed by atoms with Crippen molar-refractivity contribution in [2.75, 3.05) is 6.61 Å². The lowest BCUT2D eigenvalue weighted by molar-refractivity contribution is 0.0515. The molecule has 0 amide bonds. The number of hydrogen-bond acceptors (Lipinski definition) is 4. The van der Waals surface area contributed by atoms with E-state index in [0.717, 1.165) is 5.69 Å². The van der Waals surface area contributed by atoms with Gasteiger partial charge in [0, 0.05) is 12.1 Å². The summed E-state index contributed by atoms with van der Waals surface area (Å²) in [6, 6.07) is 7.24. The molecule has 3 rings (SSSR count). The molecule has 0 spiro atoms. The van der Waals surface area contributed by atoms with Crippen molar-refractivity contribution in [1.29, 1.82) is 0 Å². The smallest absolute Gasteiger partial charge is 0.357 e. The average molecular weight is 281 g/mol. The molecule has 2 heterocycles. The van der Waals surface area contributed by atoms with Crippen molar-refractivity contribution in [3.05, 3.63) is 66.2 Å². The van der Waals surface area contributed by atoms with Gasteiger partial charge in [-0.1, -0.05) is 30.4 Å². The largest absolute Gasteiger partial charge is 0.461 e. The van der Waals surface area contributed by atoms with Crippen LogP contribution in [0.3, 0.4) is 0 Å². The van der Waals surface area contributed by atoms with Crippen molar-refractivity contribution in [3.8, 4) is 5.82 Å². The topological polar surface area (TPSA) is 57.0 Å². The van der Waals surface area contributed by atoms with Gasteiger partial charge in [0.2, 0.25) is 0 Å². The van der Waals surface area contributed by atoms with E-state index in [1.807, 2.05) is 36.4 Å². The van der Waals surface area contributed by atoms with Gasteiger partial charge in [0.15, 0.2) is 11.5 Å². The van der Waals surface area contributed by atoms with Crippen LogP contribution in [0.5, 0.6) is 0 Å². The number of carbonyl (C=O) groups is 1. The first-order chi connectivity index (χ1) is 10.3. The molecule has 0 radical (unpaired) electrons. The first kappa shape index (κ1) is 13.3. The van der Waals surface area contributed by atoms with Crippen LogP contribution >= 0.6 is 0 Å². The molecule has 1 aliphatic carbocycles. The summed E-state index contributed by atoms with van der Waals surface area (Å²) >= 11 is 0. The van der Waals surface area contributed by atoms with Crippen molar-refractivity contribution in [3.63, 3.8) is 0 Å². The van der Waals surface area contributed by atoms with Crippen molar-refractivity contribution in [2.45, 2.75) is 12.8 Å². The van der Waals surface area contributed by atoms with Crippen LogP contribution in [0.15, 0.2) is 54.8 Å². The Morgan fingerprint density at radius 3 is 2.81 bits per heavy atom. The number of ether oxygens (including phenoxy) is 1. The highest BCUT2D eigenvalue weighted by molar-refractivity contribution is 5.88. The molecule has 106 valence electrons. The van der Waals surface area contributed by atoms with E-state index in [4.69, 9.17) is 4.74 Å². The lowest BCUT2D eigenvalue weighted by atomic mass is 10.1. The Hall–Kier alpha value is -2.69. The third-order valence-electron chi connectivity index (χ3n) is 3.17. The van der Waals surface area contributed by atoms with Gasteiger partial charge in [0.1, 0.15) is 0 Å². The molecule has 5 nitrogen and oxygen atoms in total. The summed E-state index contributed by atoms with van der Waals surface area (Å²) in [5, 5.41) is 4.52. The number of rotatable bonds is 4. The SMILES string of the molecule is CCOC(=O)c1cc(C2C=CC=C2)nn1-c1ccccn1. The summed E-state index contributed by atoms with van der Waals surface area (Å²) in [5.41, 5.74) is 1.19. The molecule has 0 unspecified atom stereocenters. The highest BCUT2D eigenvalue weighted by Crippen LogP contribution is 2.24. The third kappa shape index (κ3) is 2.63. The second-order valence-electron chi connectivity index (χ2n) is 4.57.